The second kappa shape index (κ2) is 8.15. The molecule has 152 valence electrons. The van der Waals surface area contributed by atoms with Crippen molar-refractivity contribution in [3.8, 4) is 0 Å². The van der Waals surface area contributed by atoms with Crippen LogP contribution in [0.15, 0.2) is 6.20 Å². The number of urea groups is 1. The van der Waals surface area contributed by atoms with E-state index < -0.39 is 10.0 Å². The Labute approximate surface area is 160 Å². The van der Waals surface area contributed by atoms with E-state index in [9.17, 15) is 13.2 Å². The Morgan fingerprint density at radius 2 is 2.15 bits per heavy atom. The number of aromatic nitrogens is 2. The third-order valence-corrected chi connectivity index (χ3v) is 5.38. The van der Waals surface area contributed by atoms with Gasteiger partial charge in [-0.25, -0.2) is 17.9 Å². The van der Waals surface area contributed by atoms with E-state index in [0.717, 1.165) is 37.0 Å². The van der Waals surface area contributed by atoms with Crippen molar-refractivity contribution in [3.05, 3.63) is 11.9 Å². The highest BCUT2D eigenvalue weighted by molar-refractivity contribution is 7.88. The largest absolute Gasteiger partial charge is 0.377 e. The minimum absolute atomic E-state index is 0.133. The normalized spacial score (nSPS) is 20.9. The first-order valence-corrected chi connectivity index (χ1v) is 11.3. The summed E-state index contributed by atoms with van der Waals surface area (Å²) in [7, 11) is -3.33. The first-order chi connectivity index (χ1) is 12.7. The van der Waals surface area contributed by atoms with E-state index in [0.29, 0.717) is 31.6 Å². The minimum Gasteiger partial charge on any atom is -0.377 e. The minimum atomic E-state index is -3.33. The van der Waals surface area contributed by atoms with Crippen LogP contribution in [0.5, 0.6) is 0 Å². The zero-order chi connectivity index (χ0) is 19.6. The zero-order valence-electron chi connectivity index (χ0n) is 16.1. The van der Waals surface area contributed by atoms with Crippen LogP contribution in [0.2, 0.25) is 0 Å². The van der Waals surface area contributed by atoms with Crippen LogP contribution in [0.1, 0.15) is 38.3 Å². The van der Waals surface area contributed by atoms with Crippen LogP contribution in [0.3, 0.4) is 0 Å². The molecule has 1 unspecified atom stereocenters. The molecule has 1 saturated heterocycles. The molecule has 3 rings (SSSR count). The van der Waals surface area contributed by atoms with Gasteiger partial charge in [-0.2, -0.15) is 5.10 Å². The summed E-state index contributed by atoms with van der Waals surface area (Å²) in [5, 5.41) is 7.46. The molecule has 0 bridgehead atoms. The summed E-state index contributed by atoms with van der Waals surface area (Å²) >= 11 is 0. The topological polar surface area (TPSA) is 106 Å². The molecule has 1 aromatic heterocycles. The van der Waals surface area contributed by atoms with Crippen molar-refractivity contribution in [1.29, 1.82) is 0 Å². The highest BCUT2D eigenvalue weighted by Gasteiger charge is 2.33. The molecule has 0 radical (unpaired) electrons. The summed E-state index contributed by atoms with van der Waals surface area (Å²) in [5.41, 5.74) is 1.85. The Morgan fingerprint density at radius 3 is 2.78 bits per heavy atom. The lowest BCUT2D eigenvalue weighted by molar-refractivity contribution is 0.0176. The number of amides is 2. The van der Waals surface area contributed by atoms with Crippen LogP contribution in [0.4, 0.5) is 10.5 Å². The molecule has 2 amide bonds. The summed E-state index contributed by atoms with van der Waals surface area (Å²) in [5.74, 6) is 0.922. The maximum atomic E-state index is 12.9. The standard InChI is InChI=1S/C17H29N5O4S/c1-12(2)10-22-16(13-4-5-13)15(9-18-22)20-17(23)21-6-7-26-11-14(21)8-19-27(3,24)25/h9,12-14,19H,4-8,10-11H2,1-3H3,(H,20,23). The van der Waals surface area contributed by atoms with Gasteiger partial charge in [0, 0.05) is 25.6 Å². The van der Waals surface area contributed by atoms with Gasteiger partial charge < -0.3 is 15.0 Å². The third kappa shape index (κ3) is 5.43. The molecule has 1 aliphatic carbocycles. The van der Waals surface area contributed by atoms with E-state index in [-0.39, 0.29) is 18.6 Å². The summed E-state index contributed by atoms with van der Waals surface area (Å²) < 4.78 is 32.6. The van der Waals surface area contributed by atoms with Crippen LogP contribution in [0.25, 0.3) is 0 Å². The van der Waals surface area contributed by atoms with Gasteiger partial charge in [0.05, 0.1) is 43.1 Å². The van der Waals surface area contributed by atoms with Crippen molar-refractivity contribution in [2.75, 3.05) is 37.9 Å². The Morgan fingerprint density at radius 1 is 1.41 bits per heavy atom. The van der Waals surface area contributed by atoms with E-state index in [2.05, 4.69) is 29.0 Å². The molecule has 2 N–H and O–H groups in total. The van der Waals surface area contributed by atoms with Crippen molar-refractivity contribution in [1.82, 2.24) is 19.4 Å². The lowest BCUT2D eigenvalue weighted by atomic mass is 10.2. The van der Waals surface area contributed by atoms with Crippen LogP contribution >= 0.6 is 0 Å². The average molecular weight is 400 g/mol. The number of morpholine rings is 1. The number of sulfonamides is 1. The van der Waals surface area contributed by atoms with Gasteiger partial charge in [-0.1, -0.05) is 13.8 Å². The van der Waals surface area contributed by atoms with Gasteiger partial charge in [0.1, 0.15) is 0 Å². The quantitative estimate of drug-likeness (QED) is 0.717. The first-order valence-electron chi connectivity index (χ1n) is 9.40. The van der Waals surface area contributed by atoms with Gasteiger partial charge in [-0.3, -0.25) is 4.68 Å². The van der Waals surface area contributed by atoms with Crippen molar-refractivity contribution in [3.63, 3.8) is 0 Å². The number of ether oxygens (including phenoxy) is 1. The maximum absolute atomic E-state index is 12.9. The molecular weight excluding hydrogens is 370 g/mol. The fourth-order valence-electron chi connectivity index (χ4n) is 3.30. The van der Waals surface area contributed by atoms with Crippen molar-refractivity contribution < 1.29 is 17.9 Å². The Balaban J connectivity index is 1.71. The molecule has 0 spiro atoms. The van der Waals surface area contributed by atoms with E-state index in [1.807, 2.05) is 4.68 Å². The van der Waals surface area contributed by atoms with Crippen LogP contribution in [-0.2, 0) is 21.3 Å². The summed E-state index contributed by atoms with van der Waals surface area (Å²) in [4.78, 5) is 14.5. The number of nitrogens with zero attached hydrogens (tertiary/aromatic N) is 3. The van der Waals surface area contributed by atoms with Gasteiger partial charge in [0.15, 0.2) is 0 Å². The molecule has 2 aliphatic rings. The fourth-order valence-corrected chi connectivity index (χ4v) is 3.79. The lowest BCUT2D eigenvalue weighted by Crippen LogP contribution is -2.54. The average Bonchev–Trinajstić information content (AvgIpc) is 3.35. The van der Waals surface area contributed by atoms with Crippen molar-refractivity contribution in [2.24, 2.45) is 5.92 Å². The number of anilines is 1. The van der Waals surface area contributed by atoms with Crippen LogP contribution in [0, 0.1) is 5.92 Å². The van der Waals surface area contributed by atoms with Gasteiger partial charge in [0.25, 0.3) is 0 Å². The number of nitrogens with one attached hydrogen (secondary N) is 2. The number of carbonyl (C=O) groups excluding carboxylic acids is 1. The van der Waals surface area contributed by atoms with E-state index in [1.165, 1.54) is 0 Å². The van der Waals surface area contributed by atoms with E-state index in [1.54, 1.807) is 11.1 Å². The molecule has 1 aliphatic heterocycles. The molecule has 2 fully saturated rings. The van der Waals surface area contributed by atoms with Gasteiger partial charge in [-0.05, 0) is 18.8 Å². The first kappa shape index (κ1) is 20.1. The summed E-state index contributed by atoms with van der Waals surface area (Å²) in [6.45, 7) is 6.39. The smallest absolute Gasteiger partial charge is 0.322 e. The SMILES string of the molecule is CC(C)Cn1ncc(NC(=O)N2CCOCC2CNS(C)(=O)=O)c1C1CC1. The Hall–Kier alpha value is -1.65. The molecule has 0 aromatic carbocycles. The fraction of sp³-hybridized carbons (Fsp3) is 0.765. The van der Waals surface area contributed by atoms with E-state index in [4.69, 9.17) is 4.74 Å². The Kier molecular flexibility index (Phi) is 6.07. The van der Waals surface area contributed by atoms with E-state index >= 15 is 0 Å². The van der Waals surface area contributed by atoms with Crippen molar-refractivity contribution >= 4 is 21.7 Å². The van der Waals surface area contributed by atoms with Crippen LogP contribution < -0.4 is 10.0 Å². The van der Waals surface area contributed by atoms with Crippen molar-refractivity contribution in [2.45, 2.75) is 45.2 Å². The number of hydrogen-bond donors (Lipinski definition) is 2. The number of hydrogen-bond acceptors (Lipinski definition) is 5. The van der Waals surface area contributed by atoms with Gasteiger partial charge in [-0.15, -0.1) is 0 Å². The molecule has 1 saturated carbocycles. The predicted molar refractivity (Wildman–Crippen MR) is 102 cm³/mol. The highest BCUT2D eigenvalue weighted by Crippen LogP contribution is 2.43. The molecule has 27 heavy (non-hydrogen) atoms. The highest BCUT2D eigenvalue weighted by atomic mass is 32.2. The molecule has 9 nitrogen and oxygen atoms in total. The maximum Gasteiger partial charge on any atom is 0.322 e. The van der Waals surface area contributed by atoms with Crippen LogP contribution in [-0.4, -0.2) is 67.7 Å². The molecule has 1 atom stereocenters. The molecule has 1 aromatic rings. The Bertz CT molecular complexity index is 772. The molecule has 2 heterocycles. The molecule has 10 heteroatoms. The van der Waals surface area contributed by atoms with Gasteiger partial charge >= 0.3 is 6.03 Å². The number of carbonyl (C=O) groups is 1. The van der Waals surface area contributed by atoms with Gasteiger partial charge in [0.2, 0.25) is 10.0 Å². The third-order valence-electron chi connectivity index (χ3n) is 4.69. The zero-order valence-corrected chi connectivity index (χ0v) is 17.0. The summed E-state index contributed by atoms with van der Waals surface area (Å²) in [6, 6.07) is -0.590. The predicted octanol–water partition coefficient (Wildman–Crippen LogP) is 1.20. The number of rotatable bonds is 7. The monoisotopic (exact) mass is 399 g/mol. The second-order valence-electron chi connectivity index (χ2n) is 7.77. The summed E-state index contributed by atoms with van der Waals surface area (Å²) in [6.07, 6.45) is 5.06. The lowest BCUT2D eigenvalue weighted by Gasteiger charge is -2.35. The molecular formula is C17H29N5O4S. The second-order valence-corrected chi connectivity index (χ2v) is 9.60.